The number of benzene rings is 2. The number of rotatable bonds is 10. The zero-order chi connectivity index (χ0) is 38.1. The first-order valence-electron chi connectivity index (χ1n) is 19.5. The highest BCUT2D eigenvalue weighted by atomic mass is 16.5. The zero-order valence-electron chi connectivity index (χ0n) is 32.5. The van der Waals surface area contributed by atoms with Crippen LogP contribution in [0.3, 0.4) is 0 Å². The number of ether oxygens (including phenoxy) is 2. The lowest BCUT2D eigenvalue weighted by atomic mass is 9.67. The average Bonchev–Trinajstić information content (AvgIpc) is 3.03. The van der Waals surface area contributed by atoms with Crippen LogP contribution >= 0.6 is 0 Å². The number of aryl methyl sites for hydroxylation is 2. The van der Waals surface area contributed by atoms with Crippen molar-refractivity contribution in [3.8, 4) is 23.0 Å². The van der Waals surface area contributed by atoms with Crippen LogP contribution in [-0.4, -0.2) is 43.6 Å². The van der Waals surface area contributed by atoms with Gasteiger partial charge in [0.1, 0.15) is 45.3 Å². The number of carboxylic acid groups (broad SMARTS) is 2. The molecule has 52 heavy (non-hydrogen) atoms. The second-order valence-corrected chi connectivity index (χ2v) is 16.6. The summed E-state index contributed by atoms with van der Waals surface area (Å²) in [5, 5.41) is 41.4. The lowest BCUT2D eigenvalue weighted by Crippen LogP contribution is -2.45. The number of unbranched alkanes of at least 4 members (excludes halogenated alkanes) is 4. The maximum Gasteiger partial charge on any atom is 0.339 e. The van der Waals surface area contributed by atoms with Crippen molar-refractivity contribution in [2.75, 3.05) is 0 Å². The summed E-state index contributed by atoms with van der Waals surface area (Å²) in [7, 11) is 0. The summed E-state index contributed by atoms with van der Waals surface area (Å²) >= 11 is 0. The van der Waals surface area contributed by atoms with Crippen LogP contribution in [0, 0.1) is 11.8 Å². The predicted octanol–water partition coefficient (Wildman–Crippen LogP) is 10.9. The molecule has 4 N–H and O–H groups in total. The molecule has 4 atom stereocenters. The molecule has 0 fully saturated rings. The number of aromatic hydroxyl groups is 2. The van der Waals surface area contributed by atoms with Gasteiger partial charge in [-0.25, -0.2) is 9.59 Å². The van der Waals surface area contributed by atoms with Gasteiger partial charge in [0.05, 0.1) is 0 Å². The van der Waals surface area contributed by atoms with Crippen LogP contribution in [0.1, 0.15) is 174 Å². The Labute approximate surface area is 309 Å². The summed E-state index contributed by atoms with van der Waals surface area (Å²) in [5.74, 6) is -0.544. The van der Waals surface area contributed by atoms with Gasteiger partial charge in [0, 0.05) is 34.8 Å². The summed E-state index contributed by atoms with van der Waals surface area (Å²) < 4.78 is 12.6. The van der Waals surface area contributed by atoms with E-state index in [2.05, 4.69) is 67.5 Å². The van der Waals surface area contributed by atoms with E-state index in [4.69, 9.17) is 9.47 Å². The second-order valence-electron chi connectivity index (χ2n) is 16.6. The van der Waals surface area contributed by atoms with Gasteiger partial charge in [0.25, 0.3) is 0 Å². The molecule has 2 aromatic carbocycles. The number of hydrogen-bond donors (Lipinski definition) is 4. The van der Waals surface area contributed by atoms with Gasteiger partial charge in [0.2, 0.25) is 0 Å². The van der Waals surface area contributed by atoms with Crippen LogP contribution in [-0.2, 0) is 12.8 Å². The highest BCUT2D eigenvalue weighted by Crippen LogP contribution is 2.56. The first-order chi connectivity index (χ1) is 24.5. The van der Waals surface area contributed by atoms with Gasteiger partial charge in [-0.15, -0.1) is 0 Å². The summed E-state index contributed by atoms with van der Waals surface area (Å²) in [6, 6.07) is 3.73. The predicted molar refractivity (Wildman–Crippen MR) is 204 cm³/mol. The Kier molecular flexibility index (Phi) is 11.8. The van der Waals surface area contributed by atoms with Crippen LogP contribution in [0.4, 0.5) is 0 Å². The molecule has 0 aromatic heterocycles. The van der Waals surface area contributed by atoms with Crippen LogP contribution < -0.4 is 9.47 Å². The first-order valence-corrected chi connectivity index (χ1v) is 19.5. The maximum atomic E-state index is 11.9. The molecule has 4 aliphatic rings. The van der Waals surface area contributed by atoms with Crippen molar-refractivity contribution in [3.05, 3.63) is 68.8 Å². The van der Waals surface area contributed by atoms with Gasteiger partial charge in [-0.1, -0.05) is 62.8 Å². The van der Waals surface area contributed by atoms with E-state index in [0.717, 1.165) is 64.2 Å². The van der Waals surface area contributed by atoms with Crippen LogP contribution in [0.25, 0.3) is 0 Å². The molecule has 8 nitrogen and oxygen atoms in total. The molecule has 0 saturated heterocycles. The fourth-order valence-electron chi connectivity index (χ4n) is 9.22. The molecule has 0 bridgehead atoms. The van der Waals surface area contributed by atoms with E-state index in [1.165, 1.54) is 11.1 Å². The summed E-state index contributed by atoms with van der Waals surface area (Å²) in [6.45, 7) is 16.8. The third kappa shape index (κ3) is 7.72. The summed E-state index contributed by atoms with van der Waals surface area (Å²) in [5.41, 5.74) is 4.67. The lowest BCUT2D eigenvalue weighted by Gasteiger charge is -2.46. The van der Waals surface area contributed by atoms with Gasteiger partial charge < -0.3 is 29.9 Å². The van der Waals surface area contributed by atoms with Crippen molar-refractivity contribution in [3.63, 3.8) is 0 Å². The van der Waals surface area contributed by atoms with Gasteiger partial charge in [-0.05, 0) is 116 Å². The minimum absolute atomic E-state index is 0.00490. The maximum absolute atomic E-state index is 11.9. The highest BCUT2D eigenvalue weighted by Gasteiger charge is 2.47. The van der Waals surface area contributed by atoms with E-state index in [-0.39, 0.29) is 57.5 Å². The van der Waals surface area contributed by atoms with E-state index in [1.54, 1.807) is 0 Å². The van der Waals surface area contributed by atoms with E-state index >= 15 is 0 Å². The van der Waals surface area contributed by atoms with Crippen LogP contribution in [0.5, 0.6) is 23.0 Å². The summed E-state index contributed by atoms with van der Waals surface area (Å²) in [4.78, 5) is 23.8. The Morgan fingerprint density at radius 2 is 1.04 bits per heavy atom. The topological polar surface area (TPSA) is 134 Å². The Morgan fingerprint density at radius 1 is 0.673 bits per heavy atom. The summed E-state index contributed by atoms with van der Waals surface area (Å²) in [6.07, 6.45) is 15.7. The van der Waals surface area contributed by atoms with Crippen LogP contribution in [0.2, 0.25) is 0 Å². The molecule has 0 radical (unpaired) electrons. The lowest BCUT2D eigenvalue weighted by molar-refractivity contribution is 0.0102. The third-order valence-corrected chi connectivity index (χ3v) is 12.0. The van der Waals surface area contributed by atoms with Crippen molar-refractivity contribution in [2.45, 2.75) is 155 Å². The molecule has 0 amide bonds. The number of phenols is 2. The highest BCUT2D eigenvalue weighted by molar-refractivity contribution is 5.94. The van der Waals surface area contributed by atoms with E-state index in [9.17, 15) is 30.0 Å². The molecular formula is C44H60O8. The number of aromatic carboxylic acids is 2. The molecule has 0 unspecified atom stereocenters. The number of carboxylic acids is 2. The van der Waals surface area contributed by atoms with Crippen molar-refractivity contribution in [2.24, 2.45) is 11.8 Å². The molecular weight excluding hydrogens is 656 g/mol. The third-order valence-electron chi connectivity index (χ3n) is 12.0. The zero-order valence-corrected chi connectivity index (χ0v) is 32.5. The normalized spacial score (nSPS) is 23.5. The minimum Gasteiger partial charge on any atom is -0.507 e. The standard InChI is InChI=1S/2C22H30O4/c2*1-5-6-7-8-14-12-17-19(20(23)18(14)21(24)25)15-11-13(2)9-10-16(15)22(3,4)26-17/h2*11-12,15-16,23H,5-10H2,1-4H3,(H,24,25)/t2*15-,16-/m11/s1. The first kappa shape index (κ1) is 39.3. The van der Waals surface area contributed by atoms with E-state index in [1.807, 2.05) is 12.1 Å². The quantitative estimate of drug-likeness (QED) is 0.141. The number of hydrogen-bond acceptors (Lipinski definition) is 6. The van der Waals surface area contributed by atoms with E-state index < -0.39 is 11.9 Å². The largest absolute Gasteiger partial charge is 0.507 e. The smallest absolute Gasteiger partial charge is 0.339 e. The van der Waals surface area contributed by atoms with Crippen molar-refractivity contribution in [1.82, 2.24) is 0 Å². The Bertz CT molecular complexity index is 1620. The second kappa shape index (κ2) is 15.6. The Hall–Kier alpha value is -3.94. The van der Waals surface area contributed by atoms with Gasteiger partial charge in [-0.3, -0.25) is 0 Å². The molecule has 0 saturated carbocycles. The Balaban J connectivity index is 0.000000201. The van der Waals surface area contributed by atoms with Gasteiger partial charge in [-0.2, -0.15) is 0 Å². The number of carbonyl (C=O) groups is 2. The van der Waals surface area contributed by atoms with Crippen molar-refractivity contribution in [1.29, 1.82) is 0 Å². The Morgan fingerprint density at radius 3 is 1.37 bits per heavy atom. The molecule has 2 aliphatic carbocycles. The average molecular weight is 717 g/mol. The molecule has 2 aliphatic heterocycles. The van der Waals surface area contributed by atoms with E-state index in [0.29, 0.717) is 46.6 Å². The van der Waals surface area contributed by atoms with Crippen molar-refractivity contribution >= 4 is 11.9 Å². The monoisotopic (exact) mass is 716 g/mol. The van der Waals surface area contributed by atoms with Crippen LogP contribution in [0.15, 0.2) is 35.4 Å². The molecule has 2 aromatic rings. The number of allylic oxidation sites excluding steroid dienone is 4. The minimum atomic E-state index is -1.06. The SMILES string of the molecule is CCCCCc1cc2c(c(O)c1C(=O)O)[C@@H]1C=C(C)CC[C@H]1C(C)(C)O2.CCCCCc1cc2c(c(O)c1C(=O)O)[C@@H]1C=C(C)CC[C@H]1C(C)(C)O2. The van der Waals surface area contributed by atoms with Gasteiger partial charge in [0.15, 0.2) is 0 Å². The number of fused-ring (bicyclic) bond motifs is 6. The molecule has 284 valence electrons. The van der Waals surface area contributed by atoms with Gasteiger partial charge >= 0.3 is 11.9 Å². The fourth-order valence-corrected chi connectivity index (χ4v) is 9.22. The molecule has 2 heterocycles. The fraction of sp³-hybridized carbons (Fsp3) is 0.591. The van der Waals surface area contributed by atoms with Crippen molar-refractivity contribution < 1.29 is 39.5 Å². The molecule has 8 heteroatoms. The molecule has 0 spiro atoms. The molecule has 6 rings (SSSR count).